The Balaban J connectivity index is 1.90. The second-order valence-corrected chi connectivity index (χ2v) is 9.41. The fraction of sp³-hybridized carbons (Fsp3) is 0.438. The third-order valence-corrected chi connectivity index (χ3v) is 7.40. The molecule has 2 aliphatic heterocycles. The van der Waals surface area contributed by atoms with Crippen molar-refractivity contribution < 1.29 is 27.9 Å². The van der Waals surface area contributed by atoms with Gasteiger partial charge in [-0.2, -0.15) is 4.99 Å². The Kier molecular flexibility index (Phi) is 5.24. The Labute approximate surface area is 155 Å². The number of benzene rings is 1. The van der Waals surface area contributed by atoms with E-state index < -0.39 is 21.7 Å². The number of rotatable bonds is 5. The molecule has 0 aromatic heterocycles. The maximum absolute atomic E-state index is 12.0. The molecule has 1 aromatic rings. The van der Waals surface area contributed by atoms with Crippen LogP contribution in [0.1, 0.15) is 12.8 Å². The number of sulfone groups is 1. The van der Waals surface area contributed by atoms with Crippen LogP contribution in [0.2, 0.25) is 0 Å². The second-order valence-electron chi connectivity index (χ2n) is 6.05. The summed E-state index contributed by atoms with van der Waals surface area (Å²) < 4.78 is 29.1. The number of methoxy groups -OCH3 is 1. The Bertz CT molecular complexity index is 850. The number of carboxylic acids is 1. The lowest BCUT2D eigenvalue weighted by Crippen LogP contribution is -2.37. The minimum Gasteiger partial charge on any atom is -0.497 e. The molecule has 1 aromatic carbocycles. The lowest BCUT2D eigenvalue weighted by Gasteiger charge is -2.24. The number of carbonyl (C=O) groups is 2. The lowest BCUT2D eigenvalue weighted by atomic mass is 10.2. The van der Waals surface area contributed by atoms with E-state index in [4.69, 9.17) is 9.84 Å². The first-order chi connectivity index (χ1) is 12.3. The van der Waals surface area contributed by atoms with E-state index in [-0.39, 0.29) is 35.6 Å². The maximum Gasteiger partial charge on any atom is 0.303 e. The molecule has 0 aliphatic carbocycles. The molecular weight excluding hydrogens is 380 g/mol. The third kappa shape index (κ3) is 4.01. The van der Waals surface area contributed by atoms with Crippen molar-refractivity contribution in [2.45, 2.75) is 24.1 Å². The number of anilines is 1. The molecule has 0 radical (unpaired) electrons. The van der Waals surface area contributed by atoms with Gasteiger partial charge in [-0.1, -0.05) is 11.8 Å². The van der Waals surface area contributed by atoms with Gasteiger partial charge in [0, 0.05) is 17.4 Å². The molecular formula is C16H18N2O6S2. The SMILES string of the molecule is COc1ccc(N2C(=NC(=O)CCC(=O)O)S[C@H]3CS(=O)(=O)C[C@H]32)cc1. The Morgan fingerprint density at radius 3 is 2.58 bits per heavy atom. The molecule has 1 N–H and O–H groups in total. The van der Waals surface area contributed by atoms with Gasteiger partial charge in [-0.3, -0.25) is 9.59 Å². The first-order valence-electron chi connectivity index (χ1n) is 7.93. The predicted molar refractivity (Wildman–Crippen MR) is 98.6 cm³/mol. The zero-order chi connectivity index (χ0) is 18.9. The summed E-state index contributed by atoms with van der Waals surface area (Å²) >= 11 is 1.26. The number of amidine groups is 1. The molecule has 2 aliphatic rings. The van der Waals surface area contributed by atoms with Gasteiger partial charge in [-0.05, 0) is 24.3 Å². The van der Waals surface area contributed by atoms with Gasteiger partial charge in [0.15, 0.2) is 15.0 Å². The highest BCUT2D eigenvalue weighted by Gasteiger charge is 2.49. The van der Waals surface area contributed by atoms with Crippen LogP contribution in [-0.2, 0) is 19.4 Å². The summed E-state index contributed by atoms with van der Waals surface area (Å²) in [6.45, 7) is 0. The monoisotopic (exact) mass is 398 g/mol. The van der Waals surface area contributed by atoms with Crippen LogP contribution in [-0.4, -0.2) is 60.5 Å². The van der Waals surface area contributed by atoms with E-state index in [1.807, 2.05) is 0 Å². The zero-order valence-electron chi connectivity index (χ0n) is 14.0. The van der Waals surface area contributed by atoms with Crippen LogP contribution in [0.5, 0.6) is 5.75 Å². The summed E-state index contributed by atoms with van der Waals surface area (Å²) in [5, 5.41) is 8.91. The average molecular weight is 398 g/mol. The number of fused-ring (bicyclic) bond motifs is 1. The third-order valence-electron chi connectivity index (χ3n) is 4.19. The van der Waals surface area contributed by atoms with Gasteiger partial charge in [-0.25, -0.2) is 8.42 Å². The van der Waals surface area contributed by atoms with Gasteiger partial charge in [0.2, 0.25) is 5.91 Å². The van der Waals surface area contributed by atoms with Crippen LogP contribution in [0.4, 0.5) is 5.69 Å². The number of aliphatic imine (C=N–C) groups is 1. The van der Waals surface area contributed by atoms with Crippen molar-refractivity contribution in [1.29, 1.82) is 0 Å². The first-order valence-corrected chi connectivity index (χ1v) is 10.6. The van der Waals surface area contributed by atoms with Crippen LogP contribution < -0.4 is 9.64 Å². The van der Waals surface area contributed by atoms with Crippen LogP contribution in [0.3, 0.4) is 0 Å². The number of amides is 1. The van der Waals surface area contributed by atoms with Crippen molar-refractivity contribution in [1.82, 2.24) is 0 Å². The van der Waals surface area contributed by atoms with Crippen molar-refractivity contribution in [3.8, 4) is 5.75 Å². The largest absolute Gasteiger partial charge is 0.497 e. The zero-order valence-corrected chi connectivity index (χ0v) is 15.6. The highest BCUT2D eigenvalue weighted by molar-refractivity contribution is 8.16. The molecule has 0 spiro atoms. The van der Waals surface area contributed by atoms with E-state index in [0.717, 1.165) is 0 Å². The van der Waals surface area contributed by atoms with E-state index in [9.17, 15) is 18.0 Å². The first kappa shape index (κ1) is 18.7. The topological polar surface area (TPSA) is 113 Å². The molecule has 3 rings (SSSR count). The molecule has 10 heteroatoms. The van der Waals surface area contributed by atoms with E-state index in [1.165, 1.54) is 11.8 Å². The molecule has 8 nitrogen and oxygen atoms in total. The highest BCUT2D eigenvalue weighted by atomic mass is 32.2. The number of nitrogens with zero attached hydrogens (tertiary/aromatic N) is 2. The summed E-state index contributed by atoms with van der Waals surface area (Å²) in [6.07, 6.45) is -0.479. The number of aliphatic carboxylic acids is 1. The molecule has 1 amide bonds. The highest BCUT2D eigenvalue weighted by Crippen LogP contribution is 2.41. The normalized spacial score (nSPS) is 25.3. The molecule has 2 atom stereocenters. The Hall–Kier alpha value is -2.07. The summed E-state index contributed by atoms with van der Waals surface area (Å²) in [6, 6.07) is 6.76. The second kappa shape index (κ2) is 7.28. The minimum atomic E-state index is -3.14. The van der Waals surface area contributed by atoms with Crippen LogP contribution in [0, 0.1) is 0 Å². The lowest BCUT2D eigenvalue weighted by molar-refractivity contribution is -0.138. The molecule has 0 bridgehead atoms. The summed E-state index contributed by atoms with van der Waals surface area (Å²) in [5.74, 6) is -0.896. The summed E-state index contributed by atoms with van der Waals surface area (Å²) in [4.78, 5) is 28.4. The maximum atomic E-state index is 12.0. The number of thioether (sulfide) groups is 1. The number of carboxylic acid groups (broad SMARTS) is 1. The number of hydrogen-bond donors (Lipinski definition) is 1. The number of hydrogen-bond acceptors (Lipinski definition) is 6. The van der Waals surface area contributed by atoms with Gasteiger partial charge in [0.25, 0.3) is 0 Å². The summed E-state index contributed by atoms with van der Waals surface area (Å²) in [7, 11) is -1.59. The van der Waals surface area contributed by atoms with E-state index >= 15 is 0 Å². The summed E-state index contributed by atoms with van der Waals surface area (Å²) in [5.41, 5.74) is 0.715. The molecule has 140 valence electrons. The van der Waals surface area contributed by atoms with Crippen LogP contribution >= 0.6 is 11.8 Å². The number of ether oxygens (including phenoxy) is 1. The predicted octanol–water partition coefficient (Wildman–Crippen LogP) is 1.16. The standard InChI is InChI=1S/C16H18N2O6S2/c1-24-11-4-2-10(3-5-11)18-12-8-26(22,23)9-13(12)25-16(18)17-14(19)6-7-15(20)21/h2-5,12-13H,6-9H2,1H3,(H,20,21)/t12-,13+/m1/s1. The van der Waals surface area contributed by atoms with Gasteiger partial charge < -0.3 is 14.7 Å². The van der Waals surface area contributed by atoms with E-state index in [1.54, 1.807) is 36.3 Å². The average Bonchev–Trinajstić information content (AvgIpc) is 3.04. The quantitative estimate of drug-likeness (QED) is 0.786. The van der Waals surface area contributed by atoms with Crippen LogP contribution in [0.15, 0.2) is 29.3 Å². The fourth-order valence-corrected chi connectivity index (χ4v) is 6.92. The van der Waals surface area contributed by atoms with Gasteiger partial charge in [0.1, 0.15) is 5.75 Å². The van der Waals surface area contributed by atoms with Crippen molar-refractivity contribution in [2.24, 2.45) is 4.99 Å². The van der Waals surface area contributed by atoms with Gasteiger partial charge in [-0.15, -0.1) is 0 Å². The van der Waals surface area contributed by atoms with E-state index in [2.05, 4.69) is 4.99 Å². The van der Waals surface area contributed by atoms with Crippen molar-refractivity contribution >= 4 is 44.3 Å². The molecule has 2 saturated heterocycles. The Morgan fingerprint density at radius 2 is 1.96 bits per heavy atom. The molecule has 2 fully saturated rings. The van der Waals surface area contributed by atoms with Crippen molar-refractivity contribution in [3.63, 3.8) is 0 Å². The van der Waals surface area contributed by atoms with Gasteiger partial charge >= 0.3 is 5.97 Å². The van der Waals surface area contributed by atoms with Crippen molar-refractivity contribution in [2.75, 3.05) is 23.5 Å². The van der Waals surface area contributed by atoms with Crippen LogP contribution in [0.25, 0.3) is 0 Å². The molecule has 2 heterocycles. The minimum absolute atomic E-state index is 0.000960. The smallest absolute Gasteiger partial charge is 0.303 e. The van der Waals surface area contributed by atoms with Crippen molar-refractivity contribution in [3.05, 3.63) is 24.3 Å². The molecule has 0 saturated carbocycles. The van der Waals surface area contributed by atoms with Gasteiger partial charge in [0.05, 0.1) is 31.1 Å². The molecule has 26 heavy (non-hydrogen) atoms. The fourth-order valence-electron chi connectivity index (χ4n) is 2.99. The van der Waals surface area contributed by atoms with E-state index in [0.29, 0.717) is 16.6 Å². The number of carbonyl (C=O) groups excluding carboxylic acids is 1. The Morgan fingerprint density at radius 1 is 1.27 bits per heavy atom. The molecule has 0 unspecified atom stereocenters.